The Balaban J connectivity index is 1.83. The number of aliphatic hydroxyl groups excluding tert-OH is 5. The van der Waals surface area contributed by atoms with Crippen LogP contribution >= 0.6 is 0 Å². The largest absolute Gasteiger partial charge is 0.390 e. The van der Waals surface area contributed by atoms with Crippen molar-refractivity contribution in [2.24, 2.45) is 5.73 Å². The molecular formula is C45H82N2O9. The number of carbonyl (C=O) groups is 1. The number of ether oxygens (including phenoxy) is 3. The molecule has 11 heteroatoms. The van der Waals surface area contributed by atoms with Crippen LogP contribution in [0.15, 0.2) is 30.3 Å². The van der Waals surface area contributed by atoms with E-state index < -0.39 is 49.0 Å². The molecule has 0 aromatic heterocycles. The fourth-order valence-corrected chi connectivity index (χ4v) is 7.40. The highest BCUT2D eigenvalue weighted by Crippen LogP contribution is 2.24. The highest BCUT2D eigenvalue weighted by molar-refractivity contribution is 5.76. The van der Waals surface area contributed by atoms with Crippen LogP contribution in [0.25, 0.3) is 0 Å². The molecule has 0 spiro atoms. The van der Waals surface area contributed by atoms with Crippen molar-refractivity contribution >= 4 is 5.91 Å². The number of unbranched alkanes of at least 4 members (excludes halogenated alkanes) is 19. The summed E-state index contributed by atoms with van der Waals surface area (Å²) in [4.78, 5) is 13.1. The lowest BCUT2D eigenvalue weighted by Crippen LogP contribution is -2.60. The molecule has 1 amide bonds. The first-order valence-corrected chi connectivity index (χ1v) is 22.6. The van der Waals surface area contributed by atoms with E-state index in [1.54, 1.807) is 0 Å². The molecule has 8 N–H and O–H groups in total. The van der Waals surface area contributed by atoms with E-state index in [-0.39, 0.29) is 25.5 Å². The Labute approximate surface area is 339 Å². The molecule has 0 bridgehead atoms. The van der Waals surface area contributed by atoms with E-state index in [0.717, 1.165) is 83.5 Å². The summed E-state index contributed by atoms with van der Waals surface area (Å²) in [6, 6.07) is 9.51. The molecule has 0 aliphatic carbocycles. The number of nitrogens with one attached hydrogen (secondary N) is 1. The lowest BCUT2D eigenvalue weighted by Gasteiger charge is -2.40. The first kappa shape index (κ1) is 50.5. The molecule has 1 aliphatic heterocycles. The number of aliphatic hydroxyl groups is 5. The van der Waals surface area contributed by atoms with Gasteiger partial charge in [0.1, 0.15) is 30.5 Å². The van der Waals surface area contributed by atoms with Gasteiger partial charge in [0, 0.05) is 13.0 Å². The number of benzene rings is 1. The van der Waals surface area contributed by atoms with Gasteiger partial charge in [0.15, 0.2) is 6.29 Å². The number of hydrogen-bond donors (Lipinski definition) is 7. The number of nitrogens with two attached hydrogens (primary N) is 1. The van der Waals surface area contributed by atoms with Gasteiger partial charge in [0.05, 0.1) is 25.4 Å². The third-order valence-electron chi connectivity index (χ3n) is 11.1. The highest BCUT2D eigenvalue weighted by atomic mass is 16.7. The number of aryl methyl sites for hydroxylation is 1. The van der Waals surface area contributed by atoms with Gasteiger partial charge in [-0.05, 0) is 50.6 Å². The van der Waals surface area contributed by atoms with Crippen molar-refractivity contribution < 1.29 is 44.5 Å². The Hall–Kier alpha value is -1.67. The van der Waals surface area contributed by atoms with Crippen molar-refractivity contribution in [3.05, 3.63) is 35.9 Å². The molecule has 5 unspecified atom stereocenters. The summed E-state index contributed by atoms with van der Waals surface area (Å²) in [5, 5.41) is 57.0. The van der Waals surface area contributed by atoms with Crippen molar-refractivity contribution in [1.82, 2.24) is 5.32 Å². The summed E-state index contributed by atoms with van der Waals surface area (Å²) < 4.78 is 17.4. The maximum atomic E-state index is 13.1. The van der Waals surface area contributed by atoms with E-state index in [1.807, 2.05) is 6.07 Å². The van der Waals surface area contributed by atoms with Crippen molar-refractivity contribution in [3.8, 4) is 0 Å². The zero-order valence-electron chi connectivity index (χ0n) is 35.0. The molecule has 1 fully saturated rings. The summed E-state index contributed by atoms with van der Waals surface area (Å²) in [6.07, 6.45) is 16.7. The monoisotopic (exact) mass is 795 g/mol. The summed E-state index contributed by atoms with van der Waals surface area (Å²) in [5.41, 5.74) is 6.91. The molecule has 1 heterocycles. The molecule has 1 aromatic carbocycles. The zero-order chi connectivity index (χ0) is 40.6. The van der Waals surface area contributed by atoms with Gasteiger partial charge in [-0.25, -0.2) is 0 Å². The topological polar surface area (TPSA) is 184 Å². The normalized spacial score (nSPS) is 21.5. The molecule has 11 nitrogen and oxygen atoms in total. The Morgan fingerprint density at radius 3 is 1.95 bits per heavy atom. The Bertz CT molecular complexity index is 1050. The Morgan fingerprint density at radius 1 is 0.732 bits per heavy atom. The minimum Gasteiger partial charge on any atom is -0.390 e. The molecule has 1 aliphatic rings. The second kappa shape index (κ2) is 33.2. The quantitative estimate of drug-likeness (QED) is 0.0365. The van der Waals surface area contributed by atoms with Crippen LogP contribution in [-0.4, -0.2) is 107 Å². The summed E-state index contributed by atoms with van der Waals surface area (Å²) in [6.45, 7) is 3.07. The lowest BCUT2D eigenvalue weighted by atomic mass is 9.98. The fourth-order valence-electron chi connectivity index (χ4n) is 7.40. The van der Waals surface area contributed by atoms with Crippen LogP contribution in [0.2, 0.25) is 0 Å². The number of amides is 1. The van der Waals surface area contributed by atoms with Crippen molar-refractivity contribution in [2.75, 3.05) is 26.4 Å². The van der Waals surface area contributed by atoms with E-state index in [9.17, 15) is 30.3 Å². The molecule has 1 aromatic rings. The predicted octanol–water partition coefficient (Wildman–Crippen LogP) is 6.62. The second-order valence-corrected chi connectivity index (χ2v) is 16.1. The van der Waals surface area contributed by atoms with Crippen molar-refractivity contribution in [2.45, 2.75) is 216 Å². The van der Waals surface area contributed by atoms with Gasteiger partial charge in [0.25, 0.3) is 0 Å². The molecular weight excluding hydrogens is 712 g/mol. The van der Waals surface area contributed by atoms with Crippen LogP contribution in [0, 0.1) is 0 Å². The van der Waals surface area contributed by atoms with Gasteiger partial charge < -0.3 is 50.8 Å². The first-order valence-electron chi connectivity index (χ1n) is 22.6. The van der Waals surface area contributed by atoms with Gasteiger partial charge >= 0.3 is 0 Å². The summed E-state index contributed by atoms with van der Waals surface area (Å²) in [7, 11) is 0. The van der Waals surface area contributed by atoms with Crippen LogP contribution in [0.3, 0.4) is 0 Å². The maximum Gasteiger partial charge on any atom is 0.220 e. The van der Waals surface area contributed by atoms with Crippen LogP contribution in [0.1, 0.15) is 167 Å². The van der Waals surface area contributed by atoms with Crippen LogP contribution in [0.4, 0.5) is 0 Å². The maximum absolute atomic E-state index is 13.1. The number of rotatable bonds is 36. The standard InChI is InChI=1S/C45H82N2O9/c1-2-3-4-5-6-7-8-9-10-11-15-23-30-38(48)41(50)37(47-40(49)31-24-16-13-12-14-20-27-36-28-21-19-22-29-36)34-55-45-44(53)43(52)42(51)39(56-45)35-54-33-26-18-17-25-32-46/h19,21-22,28-29,37-39,41-45,48,50-53H,2-18,20,23-27,30-35,46H2,1H3,(H,47,49)/t37-,38+,39?,41-,42?,43?,44?,45?/m0/s1. The third-order valence-corrected chi connectivity index (χ3v) is 11.1. The van der Waals surface area contributed by atoms with Crippen molar-refractivity contribution in [3.63, 3.8) is 0 Å². The molecule has 2 rings (SSSR count). The second-order valence-electron chi connectivity index (χ2n) is 16.1. The number of carbonyl (C=O) groups excluding carboxylic acids is 1. The molecule has 0 radical (unpaired) electrons. The van der Waals surface area contributed by atoms with E-state index in [0.29, 0.717) is 26.0 Å². The third kappa shape index (κ3) is 23.1. The number of hydrogen-bond acceptors (Lipinski definition) is 10. The predicted molar refractivity (Wildman–Crippen MR) is 223 cm³/mol. The van der Waals surface area contributed by atoms with Crippen LogP contribution in [0.5, 0.6) is 0 Å². The van der Waals surface area contributed by atoms with Gasteiger partial charge in [-0.2, -0.15) is 0 Å². The molecule has 0 saturated carbocycles. The lowest BCUT2D eigenvalue weighted by molar-refractivity contribution is -0.304. The average Bonchev–Trinajstić information content (AvgIpc) is 3.20. The molecule has 8 atom stereocenters. The minimum atomic E-state index is -1.57. The summed E-state index contributed by atoms with van der Waals surface area (Å²) >= 11 is 0. The van der Waals surface area contributed by atoms with E-state index in [1.165, 1.54) is 63.4 Å². The van der Waals surface area contributed by atoms with Gasteiger partial charge in [-0.1, -0.05) is 153 Å². The smallest absolute Gasteiger partial charge is 0.220 e. The fraction of sp³-hybridized carbons (Fsp3) is 0.844. The zero-order valence-corrected chi connectivity index (χ0v) is 35.0. The van der Waals surface area contributed by atoms with Gasteiger partial charge in [-0.3, -0.25) is 4.79 Å². The molecule has 326 valence electrons. The van der Waals surface area contributed by atoms with E-state index in [4.69, 9.17) is 19.9 Å². The Morgan fingerprint density at radius 2 is 1.30 bits per heavy atom. The van der Waals surface area contributed by atoms with E-state index >= 15 is 0 Å². The van der Waals surface area contributed by atoms with E-state index in [2.05, 4.69) is 36.5 Å². The van der Waals surface area contributed by atoms with Crippen molar-refractivity contribution in [1.29, 1.82) is 0 Å². The minimum absolute atomic E-state index is 0.00469. The summed E-state index contributed by atoms with van der Waals surface area (Å²) in [5.74, 6) is -0.252. The Kier molecular flexibility index (Phi) is 29.9. The SMILES string of the molecule is CCCCCCCCCCCCCC[C@@H](O)[C@@H](O)[C@H](COC1OC(COCCCCCCN)C(O)C(O)C1O)NC(=O)CCCCCCCCc1ccccc1. The van der Waals surface area contributed by atoms with Gasteiger partial charge in [0.2, 0.25) is 5.91 Å². The van der Waals surface area contributed by atoms with Crippen LogP contribution < -0.4 is 11.1 Å². The first-order chi connectivity index (χ1) is 27.3. The van der Waals surface area contributed by atoms with Crippen LogP contribution in [-0.2, 0) is 25.4 Å². The van der Waals surface area contributed by atoms with Gasteiger partial charge in [-0.15, -0.1) is 0 Å². The molecule has 56 heavy (non-hydrogen) atoms. The molecule has 1 saturated heterocycles. The average molecular weight is 795 g/mol. The highest BCUT2D eigenvalue weighted by Gasteiger charge is 2.45.